The fourth-order valence-electron chi connectivity index (χ4n) is 1.73. The number of aromatic amines is 1. The molecule has 5 heteroatoms. The summed E-state index contributed by atoms with van der Waals surface area (Å²) >= 11 is 0. The van der Waals surface area contributed by atoms with Gasteiger partial charge in [-0.2, -0.15) is 0 Å². The lowest BCUT2D eigenvalue weighted by Gasteiger charge is -2.13. The minimum atomic E-state index is -0.252. The first kappa shape index (κ1) is 12.3. The van der Waals surface area contributed by atoms with Gasteiger partial charge in [-0.1, -0.05) is 30.3 Å². The number of anilines is 1. The monoisotopic (exact) mass is 244 g/mol. The van der Waals surface area contributed by atoms with E-state index in [4.69, 9.17) is 5.73 Å². The molecule has 1 aromatic heterocycles. The summed E-state index contributed by atoms with van der Waals surface area (Å²) < 4.78 is 0. The van der Waals surface area contributed by atoms with Gasteiger partial charge in [0, 0.05) is 18.9 Å². The first-order chi connectivity index (χ1) is 8.79. The van der Waals surface area contributed by atoms with E-state index in [2.05, 4.69) is 15.3 Å². The lowest BCUT2D eigenvalue weighted by atomic mass is 9.99. The van der Waals surface area contributed by atoms with Crippen LogP contribution in [-0.2, 0) is 11.2 Å². The zero-order valence-corrected chi connectivity index (χ0v) is 9.97. The van der Waals surface area contributed by atoms with Gasteiger partial charge in [0.1, 0.15) is 0 Å². The Hall–Kier alpha value is -2.14. The van der Waals surface area contributed by atoms with Crippen LogP contribution < -0.4 is 11.1 Å². The van der Waals surface area contributed by atoms with Crippen LogP contribution >= 0.6 is 0 Å². The molecule has 0 fully saturated rings. The van der Waals surface area contributed by atoms with Gasteiger partial charge in [0.15, 0.2) is 0 Å². The molecule has 1 atom stereocenters. The summed E-state index contributed by atoms with van der Waals surface area (Å²) in [4.78, 5) is 18.8. The van der Waals surface area contributed by atoms with Gasteiger partial charge in [0.05, 0.1) is 5.92 Å². The standard InChI is InChI=1S/C13H16N4O/c14-9-11(8-10-4-2-1-3-5-10)12(18)17-13-15-6-7-16-13/h1-7,11H,8-9,14H2,(H2,15,16,17,18). The van der Waals surface area contributed by atoms with Gasteiger partial charge in [-0.3, -0.25) is 10.1 Å². The number of H-pyrrole nitrogens is 1. The SMILES string of the molecule is NCC(Cc1ccccc1)C(=O)Nc1ncc[nH]1. The van der Waals surface area contributed by atoms with Crippen molar-refractivity contribution in [3.05, 3.63) is 48.3 Å². The minimum Gasteiger partial charge on any atom is -0.331 e. The predicted octanol–water partition coefficient (Wildman–Crippen LogP) is 1.17. The Balaban J connectivity index is 1.98. The van der Waals surface area contributed by atoms with E-state index in [1.54, 1.807) is 12.4 Å². The first-order valence-corrected chi connectivity index (χ1v) is 5.84. The highest BCUT2D eigenvalue weighted by Gasteiger charge is 2.18. The summed E-state index contributed by atoms with van der Waals surface area (Å²) in [6.45, 7) is 0.307. The molecule has 0 aliphatic rings. The normalized spacial score (nSPS) is 12.1. The van der Waals surface area contributed by atoms with Crippen molar-refractivity contribution in [2.75, 3.05) is 11.9 Å². The number of nitrogens with zero attached hydrogens (tertiary/aromatic N) is 1. The number of carbonyl (C=O) groups excluding carboxylic acids is 1. The quantitative estimate of drug-likeness (QED) is 0.738. The van der Waals surface area contributed by atoms with Crippen molar-refractivity contribution in [2.45, 2.75) is 6.42 Å². The van der Waals surface area contributed by atoms with Crippen molar-refractivity contribution < 1.29 is 4.79 Å². The third-order valence-corrected chi connectivity index (χ3v) is 2.72. The largest absolute Gasteiger partial charge is 0.331 e. The van der Waals surface area contributed by atoms with Crippen LogP contribution in [0.2, 0.25) is 0 Å². The van der Waals surface area contributed by atoms with Gasteiger partial charge >= 0.3 is 0 Å². The minimum absolute atomic E-state index is 0.115. The van der Waals surface area contributed by atoms with Crippen LogP contribution in [0.3, 0.4) is 0 Å². The van der Waals surface area contributed by atoms with Crippen LogP contribution in [0.4, 0.5) is 5.95 Å². The number of rotatable bonds is 5. The number of aromatic nitrogens is 2. The van der Waals surface area contributed by atoms with Crippen LogP contribution in [-0.4, -0.2) is 22.4 Å². The number of nitrogens with two attached hydrogens (primary N) is 1. The molecule has 0 aliphatic carbocycles. The average molecular weight is 244 g/mol. The summed E-state index contributed by atoms with van der Waals surface area (Å²) in [6.07, 6.45) is 3.87. The van der Waals surface area contributed by atoms with Crippen molar-refractivity contribution in [2.24, 2.45) is 11.7 Å². The molecule has 1 amide bonds. The summed E-state index contributed by atoms with van der Waals surface area (Å²) in [6, 6.07) is 9.83. The number of carbonyl (C=O) groups is 1. The lowest BCUT2D eigenvalue weighted by Crippen LogP contribution is -2.31. The van der Waals surface area contributed by atoms with Crippen LogP contribution in [0.5, 0.6) is 0 Å². The Bertz CT molecular complexity index is 481. The van der Waals surface area contributed by atoms with Gasteiger partial charge in [-0.25, -0.2) is 4.98 Å². The smallest absolute Gasteiger partial charge is 0.231 e. The Morgan fingerprint density at radius 3 is 2.78 bits per heavy atom. The summed E-state index contributed by atoms with van der Waals surface area (Å²) in [5, 5.41) is 2.71. The zero-order chi connectivity index (χ0) is 12.8. The summed E-state index contributed by atoms with van der Waals surface area (Å²) in [5.41, 5.74) is 6.76. The second-order valence-corrected chi connectivity index (χ2v) is 4.05. The summed E-state index contributed by atoms with van der Waals surface area (Å²) in [7, 11) is 0. The maximum atomic E-state index is 12.0. The molecule has 0 saturated carbocycles. The van der Waals surface area contributed by atoms with Gasteiger partial charge < -0.3 is 10.7 Å². The van der Waals surface area contributed by atoms with Gasteiger partial charge in [-0.05, 0) is 12.0 Å². The molecule has 1 aromatic carbocycles. The second-order valence-electron chi connectivity index (χ2n) is 4.05. The Labute approximate surface area is 105 Å². The van der Waals surface area contributed by atoms with E-state index in [1.807, 2.05) is 30.3 Å². The fourth-order valence-corrected chi connectivity index (χ4v) is 1.73. The van der Waals surface area contributed by atoms with E-state index in [-0.39, 0.29) is 11.8 Å². The van der Waals surface area contributed by atoms with E-state index < -0.39 is 0 Å². The molecule has 0 aliphatic heterocycles. The van der Waals surface area contributed by atoms with Gasteiger partial charge in [-0.15, -0.1) is 0 Å². The second kappa shape index (κ2) is 5.97. The highest BCUT2D eigenvalue weighted by atomic mass is 16.2. The number of amides is 1. The Morgan fingerprint density at radius 2 is 2.17 bits per heavy atom. The topological polar surface area (TPSA) is 83.8 Å². The average Bonchev–Trinajstić information content (AvgIpc) is 2.90. The molecule has 2 rings (SSSR count). The third kappa shape index (κ3) is 3.18. The lowest BCUT2D eigenvalue weighted by molar-refractivity contribution is -0.119. The van der Waals surface area contributed by atoms with E-state index in [0.717, 1.165) is 5.56 Å². The molecular weight excluding hydrogens is 228 g/mol. The maximum Gasteiger partial charge on any atom is 0.231 e. The van der Waals surface area contributed by atoms with Gasteiger partial charge in [0.2, 0.25) is 11.9 Å². The fraction of sp³-hybridized carbons (Fsp3) is 0.231. The Kier molecular flexibility index (Phi) is 4.09. The molecule has 2 aromatic rings. The van der Waals surface area contributed by atoms with Crippen molar-refractivity contribution in [1.29, 1.82) is 0 Å². The molecule has 18 heavy (non-hydrogen) atoms. The highest BCUT2D eigenvalue weighted by Crippen LogP contribution is 2.09. The molecule has 1 unspecified atom stereocenters. The first-order valence-electron chi connectivity index (χ1n) is 5.84. The van der Waals surface area contributed by atoms with Crippen molar-refractivity contribution in [1.82, 2.24) is 9.97 Å². The van der Waals surface area contributed by atoms with Crippen molar-refractivity contribution in [3.8, 4) is 0 Å². The van der Waals surface area contributed by atoms with E-state index in [0.29, 0.717) is 18.9 Å². The molecule has 94 valence electrons. The molecule has 0 bridgehead atoms. The third-order valence-electron chi connectivity index (χ3n) is 2.72. The maximum absolute atomic E-state index is 12.0. The number of hydrogen-bond acceptors (Lipinski definition) is 3. The van der Waals surface area contributed by atoms with Crippen molar-refractivity contribution >= 4 is 11.9 Å². The highest BCUT2D eigenvalue weighted by molar-refractivity contribution is 5.91. The molecule has 0 spiro atoms. The van der Waals surface area contributed by atoms with E-state index in [1.165, 1.54) is 0 Å². The molecule has 0 saturated heterocycles. The molecule has 5 nitrogen and oxygen atoms in total. The molecule has 1 heterocycles. The molecular formula is C13H16N4O. The van der Waals surface area contributed by atoms with E-state index in [9.17, 15) is 4.79 Å². The number of benzene rings is 1. The Morgan fingerprint density at radius 1 is 1.39 bits per heavy atom. The molecule has 4 N–H and O–H groups in total. The van der Waals surface area contributed by atoms with Crippen LogP contribution in [0.15, 0.2) is 42.7 Å². The number of imidazole rings is 1. The summed E-state index contributed by atoms with van der Waals surface area (Å²) in [5.74, 6) is 0.0836. The predicted molar refractivity (Wildman–Crippen MR) is 69.9 cm³/mol. The van der Waals surface area contributed by atoms with Crippen LogP contribution in [0.25, 0.3) is 0 Å². The number of hydrogen-bond donors (Lipinski definition) is 3. The van der Waals surface area contributed by atoms with Crippen LogP contribution in [0, 0.1) is 5.92 Å². The molecule has 0 radical (unpaired) electrons. The number of nitrogens with one attached hydrogen (secondary N) is 2. The van der Waals surface area contributed by atoms with Crippen LogP contribution in [0.1, 0.15) is 5.56 Å². The van der Waals surface area contributed by atoms with Gasteiger partial charge in [0.25, 0.3) is 0 Å². The van der Waals surface area contributed by atoms with Crippen molar-refractivity contribution in [3.63, 3.8) is 0 Å². The van der Waals surface area contributed by atoms with E-state index >= 15 is 0 Å². The zero-order valence-electron chi connectivity index (χ0n) is 9.97.